The molecule has 2 N–H and O–H groups in total. The number of rotatable bonds is 4. The largest absolute Gasteiger partial charge is 0.368 e. The van der Waals surface area contributed by atoms with Gasteiger partial charge in [0, 0.05) is 18.9 Å². The molecule has 0 spiro atoms. The van der Waals surface area contributed by atoms with Gasteiger partial charge < -0.3 is 10.6 Å². The number of carbonyl (C=O) groups is 1. The zero-order valence-corrected chi connectivity index (χ0v) is 12.1. The number of carbonyl (C=O) groups excluding carboxylic acids is 1. The molecule has 1 unspecified atom stereocenters. The summed E-state index contributed by atoms with van der Waals surface area (Å²) in [6.45, 7) is 0.589. The number of nitrogens with zero attached hydrogens (tertiary/aromatic N) is 1. The lowest BCUT2D eigenvalue weighted by Crippen LogP contribution is -2.44. The second kappa shape index (κ2) is 5.68. The summed E-state index contributed by atoms with van der Waals surface area (Å²) in [5, 5.41) is 16.6. The summed E-state index contributed by atoms with van der Waals surface area (Å²) in [4.78, 5) is 22.0. The van der Waals surface area contributed by atoms with E-state index in [1.807, 2.05) is 0 Å². The SMILES string of the molecule is CS(=O)(=O)c1ccc(NC2CCCNC2=O)c([N+](=O)[O-])c1. The highest BCUT2D eigenvalue weighted by molar-refractivity contribution is 7.90. The van der Waals surface area contributed by atoms with E-state index in [1.54, 1.807) is 0 Å². The maximum atomic E-state index is 11.7. The number of piperidine rings is 1. The van der Waals surface area contributed by atoms with Crippen molar-refractivity contribution in [3.05, 3.63) is 28.3 Å². The Morgan fingerprint density at radius 2 is 2.14 bits per heavy atom. The number of nitrogens with one attached hydrogen (secondary N) is 2. The first kappa shape index (κ1) is 15.2. The van der Waals surface area contributed by atoms with E-state index in [9.17, 15) is 23.3 Å². The van der Waals surface area contributed by atoms with Crippen molar-refractivity contribution in [1.82, 2.24) is 5.32 Å². The van der Waals surface area contributed by atoms with Crippen LogP contribution in [0.3, 0.4) is 0 Å². The topological polar surface area (TPSA) is 118 Å². The van der Waals surface area contributed by atoms with E-state index in [2.05, 4.69) is 10.6 Å². The number of benzene rings is 1. The summed E-state index contributed by atoms with van der Waals surface area (Å²) in [6, 6.07) is 3.04. The third kappa shape index (κ3) is 3.48. The Kier molecular flexibility index (Phi) is 4.12. The normalized spacial score (nSPS) is 18.9. The Hall–Kier alpha value is -2.16. The standard InChI is InChI=1S/C12H15N3O5S/c1-21(19,20)8-4-5-9(11(7-8)15(17)18)14-10-3-2-6-13-12(10)16/h4-5,7,10,14H,2-3,6H2,1H3,(H,13,16). The molecule has 0 aromatic heterocycles. The van der Waals surface area contributed by atoms with Crippen LogP contribution in [0.4, 0.5) is 11.4 Å². The quantitative estimate of drug-likeness (QED) is 0.623. The molecule has 1 aliphatic heterocycles. The molecular weight excluding hydrogens is 298 g/mol. The van der Waals surface area contributed by atoms with E-state index < -0.39 is 20.8 Å². The van der Waals surface area contributed by atoms with Crippen LogP contribution < -0.4 is 10.6 Å². The molecule has 0 radical (unpaired) electrons. The summed E-state index contributed by atoms with van der Waals surface area (Å²) in [7, 11) is -3.53. The third-order valence-electron chi connectivity index (χ3n) is 3.21. The van der Waals surface area contributed by atoms with E-state index in [0.717, 1.165) is 18.7 Å². The van der Waals surface area contributed by atoms with Crippen molar-refractivity contribution in [2.75, 3.05) is 18.1 Å². The molecule has 9 heteroatoms. The minimum Gasteiger partial charge on any atom is -0.368 e. The van der Waals surface area contributed by atoms with E-state index >= 15 is 0 Å². The Bertz CT molecular complexity index is 686. The number of sulfone groups is 1. The molecular formula is C12H15N3O5S. The predicted octanol–water partition coefficient (Wildman–Crippen LogP) is 0.689. The molecule has 1 atom stereocenters. The van der Waals surface area contributed by atoms with Crippen LogP contribution in [0, 0.1) is 10.1 Å². The zero-order chi connectivity index (χ0) is 15.6. The molecule has 1 amide bonds. The highest BCUT2D eigenvalue weighted by Gasteiger charge is 2.25. The summed E-state index contributed by atoms with van der Waals surface area (Å²) in [5.41, 5.74) is -0.231. The highest BCUT2D eigenvalue weighted by atomic mass is 32.2. The molecule has 1 aromatic rings. The van der Waals surface area contributed by atoms with Crippen LogP contribution >= 0.6 is 0 Å². The van der Waals surface area contributed by atoms with Crippen LogP contribution in [0.25, 0.3) is 0 Å². The lowest BCUT2D eigenvalue weighted by Gasteiger charge is -2.23. The zero-order valence-electron chi connectivity index (χ0n) is 11.3. The third-order valence-corrected chi connectivity index (χ3v) is 4.32. The maximum Gasteiger partial charge on any atom is 0.293 e. The first-order chi connectivity index (χ1) is 9.79. The molecule has 0 saturated carbocycles. The Balaban J connectivity index is 2.35. The van der Waals surface area contributed by atoms with Crippen LogP contribution in [0.15, 0.2) is 23.1 Å². The second-order valence-corrected chi connectivity index (χ2v) is 6.85. The molecule has 8 nitrogen and oxygen atoms in total. The first-order valence-corrected chi connectivity index (χ1v) is 8.21. The van der Waals surface area contributed by atoms with Gasteiger partial charge >= 0.3 is 0 Å². The van der Waals surface area contributed by atoms with Crippen LogP contribution in [0.2, 0.25) is 0 Å². The van der Waals surface area contributed by atoms with Crippen molar-refractivity contribution in [3.8, 4) is 0 Å². The summed E-state index contributed by atoms with van der Waals surface area (Å²) in [6.07, 6.45) is 2.32. The fraction of sp³-hybridized carbons (Fsp3) is 0.417. The van der Waals surface area contributed by atoms with Gasteiger partial charge in [-0.15, -0.1) is 0 Å². The molecule has 1 saturated heterocycles. The fourth-order valence-electron chi connectivity index (χ4n) is 2.11. The van der Waals surface area contributed by atoms with Gasteiger partial charge in [-0.3, -0.25) is 14.9 Å². The lowest BCUT2D eigenvalue weighted by molar-refractivity contribution is -0.384. The number of anilines is 1. The molecule has 1 aliphatic rings. The van der Waals surface area contributed by atoms with Gasteiger partial charge in [0.2, 0.25) is 5.91 Å². The van der Waals surface area contributed by atoms with Gasteiger partial charge in [0.05, 0.1) is 9.82 Å². The predicted molar refractivity (Wildman–Crippen MR) is 75.9 cm³/mol. The van der Waals surface area contributed by atoms with Crippen molar-refractivity contribution in [1.29, 1.82) is 0 Å². The van der Waals surface area contributed by atoms with E-state index in [4.69, 9.17) is 0 Å². The number of hydrogen-bond donors (Lipinski definition) is 2. The van der Waals surface area contributed by atoms with Crippen molar-refractivity contribution < 1.29 is 18.1 Å². The van der Waals surface area contributed by atoms with Crippen molar-refractivity contribution in [2.45, 2.75) is 23.8 Å². The van der Waals surface area contributed by atoms with Crippen molar-refractivity contribution in [3.63, 3.8) is 0 Å². The van der Waals surface area contributed by atoms with Gasteiger partial charge in [0.15, 0.2) is 9.84 Å². The van der Waals surface area contributed by atoms with Gasteiger partial charge in [0.25, 0.3) is 5.69 Å². The molecule has 21 heavy (non-hydrogen) atoms. The smallest absolute Gasteiger partial charge is 0.293 e. The maximum absolute atomic E-state index is 11.7. The summed E-state index contributed by atoms with van der Waals surface area (Å²) >= 11 is 0. The van der Waals surface area contributed by atoms with Crippen molar-refractivity contribution in [2.24, 2.45) is 0 Å². The fourth-order valence-corrected chi connectivity index (χ4v) is 2.75. The Labute approximate surface area is 121 Å². The number of nitro groups is 1. The molecule has 1 aromatic carbocycles. The molecule has 1 heterocycles. The van der Waals surface area contributed by atoms with Gasteiger partial charge in [-0.25, -0.2) is 8.42 Å². The van der Waals surface area contributed by atoms with Gasteiger partial charge in [-0.1, -0.05) is 0 Å². The van der Waals surface area contributed by atoms with Crippen LogP contribution in [0.5, 0.6) is 0 Å². The Morgan fingerprint density at radius 1 is 1.43 bits per heavy atom. The highest BCUT2D eigenvalue weighted by Crippen LogP contribution is 2.28. The molecule has 0 bridgehead atoms. The van der Waals surface area contributed by atoms with Gasteiger partial charge in [-0.05, 0) is 25.0 Å². The van der Waals surface area contributed by atoms with Crippen LogP contribution in [-0.4, -0.2) is 38.1 Å². The minimum absolute atomic E-state index is 0.132. The van der Waals surface area contributed by atoms with Crippen LogP contribution in [-0.2, 0) is 14.6 Å². The average Bonchev–Trinajstić information content (AvgIpc) is 2.40. The number of hydrogen-bond acceptors (Lipinski definition) is 6. The number of nitro benzene ring substituents is 1. The molecule has 114 valence electrons. The first-order valence-electron chi connectivity index (χ1n) is 6.32. The molecule has 2 rings (SSSR count). The van der Waals surface area contributed by atoms with Crippen molar-refractivity contribution >= 4 is 27.1 Å². The van der Waals surface area contributed by atoms with E-state index in [0.29, 0.717) is 13.0 Å². The molecule has 0 aliphatic carbocycles. The average molecular weight is 313 g/mol. The molecule has 1 fully saturated rings. The van der Waals surface area contributed by atoms with E-state index in [-0.39, 0.29) is 22.2 Å². The minimum atomic E-state index is -3.53. The van der Waals surface area contributed by atoms with E-state index in [1.165, 1.54) is 12.1 Å². The lowest BCUT2D eigenvalue weighted by atomic mass is 10.1. The summed E-state index contributed by atoms with van der Waals surface area (Å²) < 4.78 is 22.9. The number of amides is 1. The summed E-state index contributed by atoms with van der Waals surface area (Å²) in [5.74, 6) is -0.220. The second-order valence-electron chi connectivity index (χ2n) is 4.84. The van der Waals surface area contributed by atoms with Crippen LogP contribution in [0.1, 0.15) is 12.8 Å². The van der Waals surface area contributed by atoms with Gasteiger partial charge in [-0.2, -0.15) is 0 Å². The van der Waals surface area contributed by atoms with Gasteiger partial charge in [0.1, 0.15) is 11.7 Å². The Morgan fingerprint density at radius 3 is 2.71 bits per heavy atom. The monoisotopic (exact) mass is 313 g/mol.